The number of piperazine rings is 1. The van der Waals surface area contributed by atoms with Gasteiger partial charge in [0.25, 0.3) is 0 Å². The number of thioether (sulfide) groups is 1. The van der Waals surface area contributed by atoms with E-state index in [1.54, 1.807) is 7.11 Å². The number of carbonyl (C=O) groups is 1. The van der Waals surface area contributed by atoms with Crippen LogP contribution in [0.15, 0.2) is 53.6 Å². The molecule has 2 heterocycles. The Bertz CT molecular complexity index is 1040. The maximum absolute atomic E-state index is 12.8. The van der Waals surface area contributed by atoms with E-state index in [-0.39, 0.29) is 5.91 Å². The lowest BCUT2D eigenvalue weighted by atomic mass is 10.1. The maximum atomic E-state index is 12.8. The van der Waals surface area contributed by atoms with E-state index in [1.807, 2.05) is 17.0 Å². The molecule has 0 aliphatic carbocycles. The van der Waals surface area contributed by atoms with Crippen LogP contribution in [0.25, 0.3) is 10.9 Å². The molecule has 30 heavy (non-hydrogen) atoms. The third-order valence-electron chi connectivity index (χ3n) is 5.64. The van der Waals surface area contributed by atoms with Gasteiger partial charge in [-0.1, -0.05) is 30.0 Å². The number of para-hydroxylation sites is 1. The van der Waals surface area contributed by atoms with Crippen LogP contribution in [-0.4, -0.2) is 54.8 Å². The number of carbonyl (C=O) groups excluding carboxylic acids is 1. The van der Waals surface area contributed by atoms with Gasteiger partial charge >= 0.3 is 0 Å². The molecule has 0 atom stereocenters. The Morgan fingerprint density at radius 1 is 1.03 bits per heavy atom. The van der Waals surface area contributed by atoms with Crippen LogP contribution in [0.2, 0.25) is 0 Å². The molecular formula is C24H27N3O2S. The van der Waals surface area contributed by atoms with Crippen molar-refractivity contribution >= 4 is 34.3 Å². The van der Waals surface area contributed by atoms with Crippen molar-refractivity contribution in [2.24, 2.45) is 0 Å². The van der Waals surface area contributed by atoms with E-state index in [0.29, 0.717) is 5.75 Å². The van der Waals surface area contributed by atoms with Crippen LogP contribution in [-0.2, 0) is 4.79 Å². The molecule has 6 heteroatoms. The van der Waals surface area contributed by atoms with Gasteiger partial charge < -0.3 is 14.5 Å². The summed E-state index contributed by atoms with van der Waals surface area (Å²) >= 11 is 1.53. The molecule has 0 spiro atoms. The van der Waals surface area contributed by atoms with Crippen LogP contribution in [0, 0.1) is 13.8 Å². The zero-order valence-corrected chi connectivity index (χ0v) is 18.5. The number of nitrogens with zero attached hydrogens (tertiary/aromatic N) is 3. The number of aryl methyl sites for hydroxylation is 2. The van der Waals surface area contributed by atoms with Crippen molar-refractivity contribution < 1.29 is 9.53 Å². The van der Waals surface area contributed by atoms with Crippen molar-refractivity contribution in [3.63, 3.8) is 0 Å². The largest absolute Gasteiger partial charge is 0.497 e. The van der Waals surface area contributed by atoms with Crippen LogP contribution >= 0.6 is 11.8 Å². The summed E-state index contributed by atoms with van der Waals surface area (Å²) in [6, 6.07) is 16.4. The SMILES string of the molecule is COc1ccc(N2CCN(C(=O)CSc3cc(C)c4cccc(C)c4n3)CC2)cc1. The number of fused-ring (bicyclic) bond motifs is 1. The average molecular weight is 422 g/mol. The second kappa shape index (κ2) is 8.96. The number of aromatic nitrogens is 1. The summed E-state index contributed by atoms with van der Waals surface area (Å²) in [5.74, 6) is 1.46. The maximum Gasteiger partial charge on any atom is 0.233 e. The van der Waals surface area contributed by atoms with Crippen molar-refractivity contribution in [1.29, 1.82) is 0 Å². The third-order valence-corrected chi connectivity index (χ3v) is 6.53. The molecule has 1 saturated heterocycles. The number of pyridine rings is 1. The van der Waals surface area contributed by atoms with Gasteiger partial charge in [0.1, 0.15) is 5.75 Å². The van der Waals surface area contributed by atoms with Crippen LogP contribution in [0.3, 0.4) is 0 Å². The van der Waals surface area contributed by atoms with E-state index in [9.17, 15) is 4.79 Å². The second-order valence-corrected chi connectivity index (χ2v) is 8.60. The molecule has 0 unspecified atom stereocenters. The van der Waals surface area contributed by atoms with Gasteiger partial charge in [-0.3, -0.25) is 4.79 Å². The van der Waals surface area contributed by atoms with Gasteiger partial charge in [-0.15, -0.1) is 0 Å². The Hall–Kier alpha value is -2.73. The number of hydrogen-bond donors (Lipinski definition) is 0. The molecule has 5 nitrogen and oxygen atoms in total. The number of methoxy groups -OCH3 is 1. The monoisotopic (exact) mass is 421 g/mol. The summed E-state index contributed by atoms with van der Waals surface area (Å²) < 4.78 is 5.23. The van der Waals surface area contributed by atoms with Crippen molar-refractivity contribution in [3.8, 4) is 5.75 Å². The van der Waals surface area contributed by atoms with Gasteiger partial charge in [-0.2, -0.15) is 0 Å². The second-order valence-electron chi connectivity index (χ2n) is 7.60. The highest BCUT2D eigenvalue weighted by Gasteiger charge is 2.21. The summed E-state index contributed by atoms with van der Waals surface area (Å²) in [6.07, 6.45) is 0. The predicted octanol–water partition coefficient (Wildman–Crippen LogP) is 4.30. The summed E-state index contributed by atoms with van der Waals surface area (Å²) in [5.41, 5.74) is 4.56. The Labute approximate surface area is 182 Å². The van der Waals surface area contributed by atoms with E-state index >= 15 is 0 Å². The van der Waals surface area contributed by atoms with Crippen LogP contribution < -0.4 is 9.64 Å². The van der Waals surface area contributed by atoms with Gasteiger partial charge in [0.05, 0.1) is 23.4 Å². The first-order chi connectivity index (χ1) is 14.5. The van der Waals surface area contributed by atoms with E-state index in [0.717, 1.165) is 42.5 Å². The van der Waals surface area contributed by atoms with Gasteiger partial charge in [-0.05, 0) is 55.3 Å². The number of ether oxygens (including phenoxy) is 1. The molecule has 4 rings (SSSR count). The summed E-state index contributed by atoms with van der Waals surface area (Å²) in [7, 11) is 1.67. The molecule has 1 aliphatic rings. The van der Waals surface area contributed by atoms with Crippen molar-refractivity contribution in [1.82, 2.24) is 9.88 Å². The number of anilines is 1. The summed E-state index contributed by atoms with van der Waals surface area (Å²) in [6.45, 7) is 7.36. The van der Waals surface area contributed by atoms with E-state index < -0.39 is 0 Å². The number of rotatable bonds is 5. The standard InChI is InChI=1S/C24H27N3O2S/c1-17-5-4-6-21-18(2)15-22(25-24(17)21)30-16-23(28)27-13-11-26(12-14-27)19-7-9-20(29-3)10-8-19/h4-10,15H,11-14,16H2,1-3H3. The molecule has 3 aromatic rings. The molecule has 0 N–H and O–H groups in total. The molecule has 0 saturated carbocycles. The Morgan fingerprint density at radius 2 is 1.77 bits per heavy atom. The fraction of sp³-hybridized carbons (Fsp3) is 0.333. The fourth-order valence-electron chi connectivity index (χ4n) is 3.84. The minimum atomic E-state index is 0.179. The lowest BCUT2D eigenvalue weighted by Gasteiger charge is -2.36. The highest BCUT2D eigenvalue weighted by atomic mass is 32.2. The van der Waals surface area contributed by atoms with Crippen molar-refractivity contribution in [2.75, 3.05) is 43.9 Å². The lowest BCUT2D eigenvalue weighted by Crippen LogP contribution is -2.49. The molecule has 1 aromatic heterocycles. The number of hydrogen-bond acceptors (Lipinski definition) is 5. The quantitative estimate of drug-likeness (QED) is 0.575. The van der Waals surface area contributed by atoms with Gasteiger partial charge in [0, 0.05) is 37.3 Å². The zero-order valence-electron chi connectivity index (χ0n) is 17.7. The smallest absolute Gasteiger partial charge is 0.233 e. The summed E-state index contributed by atoms with van der Waals surface area (Å²) in [4.78, 5) is 21.8. The number of amides is 1. The van der Waals surface area contributed by atoms with Crippen molar-refractivity contribution in [3.05, 3.63) is 59.7 Å². The van der Waals surface area contributed by atoms with Gasteiger partial charge in [-0.25, -0.2) is 4.98 Å². The first-order valence-corrected chi connectivity index (χ1v) is 11.2. The molecule has 156 valence electrons. The topological polar surface area (TPSA) is 45.7 Å². The predicted molar refractivity (Wildman–Crippen MR) is 124 cm³/mol. The molecule has 2 aromatic carbocycles. The molecular weight excluding hydrogens is 394 g/mol. The van der Waals surface area contributed by atoms with Crippen LogP contribution in [0.4, 0.5) is 5.69 Å². The molecule has 1 aliphatic heterocycles. The summed E-state index contributed by atoms with van der Waals surface area (Å²) in [5, 5.41) is 2.10. The van der Waals surface area contributed by atoms with Crippen LogP contribution in [0.1, 0.15) is 11.1 Å². The van der Waals surface area contributed by atoms with E-state index in [2.05, 4.69) is 55.1 Å². The van der Waals surface area contributed by atoms with Gasteiger partial charge in [0.2, 0.25) is 5.91 Å². The van der Waals surface area contributed by atoms with Gasteiger partial charge in [0.15, 0.2) is 0 Å². The van der Waals surface area contributed by atoms with E-state index in [4.69, 9.17) is 9.72 Å². The Morgan fingerprint density at radius 3 is 2.47 bits per heavy atom. The zero-order chi connectivity index (χ0) is 21.1. The molecule has 1 amide bonds. The van der Waals surface area contributed by atoms with Crippen LogP contribution in [0.5, 0.6) is 5.75 Å². The Balaban J connectivity index is 1.34. The Kier molecular flexibility index (Phi) is 6.13. The first kappa shape index (κ1) is 20.5. The first-order valence-electron chi connectivity index (χ1n) is 10.2. The molecule has 0 radical (unpaired) electrons. The molecule has 1 fully saturated rings. The fourth-order valence-corrected chi connectivity index (χ4v) is 4.71. The third kappa shape index (κ3) is 4.38. The minimum Gasteiger partial charge on any atom is -0.497 e. The molecule has 0 bridgehead atoms. The lowest BCUT2D eigenvalue weighted by molar-refractivity contribution is -0.128. The van der Waals surface area contributed by atoms with Crippen molar-refractivity contribution in [2.45, 2.75) is 18.9 Å². The minimum absolute atomic E-state index is 0.179. The average Bonchev–Trinajstić information content (AvgIpc) is 2.78. The highest BCUT2D eigenvalue weighted by Crippen LogP contribution is 2.26. The normalized spacial score (nSPS) is 14.2. The van der Waals surface area contributed by atoms with E-state index in [1.165, 1.54) is 34.0 Å². The number of benzene rings is 2. The highest BCUT2D eigenvalue weighted by molar-refractivity contribution is 7.99.